The summed E-state index contributed by atoms with van der Waals surface area (Å²) in [6.45, 7) is 1.29. The van der Waals surface area contributed by atoms with Crippen LogP contribution in [-0.2, 0) is 14.6 Å². The third-order valence-electron chi connectivity index (χ3n) is 3.99. The predicted molar refractivity (Wildman–Crippen MR) is 76.6 cm³/mol. The molecule has 5 nitrogen and oxygen atoms in total. The Morgan fingerprint density at radius 3 is 2.60 bits per heavy atom. The Labute approximate surface area is 122 Å². The van der Waals surface area contributed by atoms with E-state index >= 15 is 0 Å². The SMILES string of the molecule is CCS(=O)(=O)[C@H]1[C@@H](c2cccc(Cl)c2)[C@@]1(CN)C(=O)O. The average molecular weight is 318 g/mol. The number of aliphatic carboxylic acids is 1. The van der Waals surface area contributed by atoms with E-state index in [2.05, 4.69) is 0 Å². The van der Waals surface area contributed by atoms with Gasteiger partial charge in [0.25, 0.3) is 0 Å². The summed E-state index contributed by atoms with van der Waals surface area (Å²) in [6, 6.07) is 6.62. The molecule has 0 aromatic heterocycles. The fourth-order valence-corrected chi connectivity index (χ4v) is 5.15. The molecule has 1 aromatic carbocycles. The first-order valence-electron chi connectivity index (χ1n) is 6.21. The standard InChI is InChI=1S/C13H16ClNO4S/c1-2-20(18,19)11-10(13(11,7-15)12(16)17)8-4-3-5-9(14)6-8/h3-6,10-11H,2,7,15H2,1H3,(H,16,17)/t10-,11+,13-/m1/s1. The average Bonchev–Trinajstić information content (AvgIpc) is 3.10. The van der Waals surface area contributed by atoms with Crippen molar-refractivity contribution in [3.05, 3.63) is 34.9 Å². The van der Waals surface area contributed by atoms with Crippen molar-refractivity contribution in [2.45, 2.75) is 18.1 Å². The molecule has 0 heterocycles. The van der Waals surface area contributed by atoms with Crippen molar-refractivity contribution in [2.75, 3.05) is 12.3 Å². The van der Waals surface area contributed by atoms with Gasteiger partial charge in [-0.05, 0) is 17.7 Å². The van der Waals surface area contributed by atoms with Crippen LogP contribution in [-0.4, -0.2) is 37.0 Å². The fraction of sp³-hybridized carbons (Fsp3) is 0.462. The first-order chi connectivity index (χ1) is 9.31. The summed E-state index contributed by atoms with van der Waals surface area (Å²) in [4.78, 5) is 11.6. The molecule has 1 aliphatic carbocycles. The van der Waals surface area contributed by atoms with Gasteiger partial charge in [-0.25, -0.2) is 8.42 Å². The summed E-state index contributed by atoms with van der Waals surface area (Å²) in [7, 11) is -3.50. The predicted octanol–water partition coefficient (Wildman–Crippen LogP) is 1.27. The Bertz CT molecular complexity index is 646. The van der Waals surface area contributed by atoms with Crippen molar-refractivity contribution >= 4 is 27.4 Å². The minimum absolute atomic E-state index is 0.107. The Morgan fingerprint density at radius 1 is 1.50 bits per heavy atom. The molecule has 0 aliphatic heterocycles. The van der Waals surface area contributed by atoms with Crippen molar-refractivity contribution < 1.29 is 18.3 Å². The molecule has 110 valence electrons. The molecule has 2 rings (SSSR count). The second kappa shape index (κ2) is 5.02. The maximum absolute atomic E-state index is 12.2. The van der Waals surface area contributed by atoms with Gasteiger partial charge in [-0.3, -0.25) is 4.79 Å². The summed E-state index contributed by atoms with van der Waals surface area (Å²) < 4.78 is 24.3. The van der Waals surface area contributed by atoms with Gasteiger partial charge in [0.1, 0.15) is 5.41 Å². The van der Waals surface area contributed by atoms with Gasteiger partial charge in [0.2, 0.25) is 0 Å². The van der Waals surface area contributed by atoms with E-state index in [0.717, 1.165) is 0 Å². The lowest BCUT2D eigenvalue weighted by atomic mass is 9.99. The number of carboxylic acids is 1. The molecule has 0 amide bonds. The van der Waals surface area contributed by atoms with Gasteiger partial charge in [-0.1, -0.05) is 30.7 Å². The topological polar surface area (TPSA) is 97.5 Å². The van der Waals surface area contributed by atoms with E-state index in [9.17, 15) is 18.3 Å². The number of halogens is 1. The van der Waals surface area contributed by atoms with Crippen molar-refractivity contribution in [1.29, 1.82) is 0 Å². The smallest absolute Gasteiger partial charge is 0.312 e. The van der Waals surface area contributed by atoms with Crippen LogP contribution in [0.2, 0.25) is 5.02 Å². The maximum atomic E-state index is 12.2. The molecule has 1 saturated carbocycles. The second-order valence-electron chi connectivity index (χ2n) is 4.95. The number of hydrogen-bond acceptors (Lipinski definition) is 4. The van der Waals surface area contributed by atoms with Crippen LogP contribution in [0.4, 0.5) is 0 Å². The van der Waals surface area contributed by atoms with Gasteiger partial charge in [0.05, 0.1) is 5.25 Å². The third kappa shape index (κ3) is 2.12. The lowest BCUT2D eigenvalue weighted by Gasteiger charge is -2.09. The summed E-state index contributed by atoms with van der Waals surface area (Å²) in [5, 5.41) is 8.91. The number of hydrogen-bond donors (Lipinski definition) is 2. The molecular weight excluding hydrogens is 302 g/mol. The Hall–Kier alpha value is -1.11. The highest BCUT2D eigenvalue weighted by Crippen LogP contribution is 2.62. The molecule has 1 aromatic rings. The van der Waals surface area contributed by atoms with Crippen LogP contribution >= 0.6 is 11.6 Å². The van der Waals surface area contributed by atoms with Crippen LogP contribution in [0.3, 0.4) is 0 Å². The quantitative estimate of drug-likeness (QED) is 0.852. The molecule has 0 bridgehead atoms. The zero-order valence-electron chi connectivity index (χ0n) is 10.9. The monoisotopic (exact) mass is 317 g/mol. The van der Waals surface area contributed by atoms with Crippen LogP contribution in [0.1, 0.15) is 18.4 Å². The minimum Gasteiger partial charge on any atom is -0.481 e. The van der Waals surface area contributed by atoms with Crippen molar-refractivity contribution in [3.63, 3.8) is 0 Å². The summed E-state index contributed by atoms with van der Waals surface area (Å²) >= 11 is 5.90. The number of benzene rings is 1. The van der Waals surface area contributed by atoms with Crippen LogP contribution in [0.15, 0.2) is 24.3 Å². The number of nitrogens with two attached hydrogens (primary N) is 1. The van der Waals surface area contributed by atoms with Crippen LogP contribution in [0, 0.1) is 5.41 Å². The lowest BCUT2D eigenvalue weighted by Crippen LogP contribution is -2.32. The second-order valence-corrected chi connectivity index (χ2v) is 7.80. The summed E-state index contributed by atoms with van der Waals surface area (Å²) in [6.07, 6.45) is 0. The lowest BCUT2D eigenvalue weighted by molar-refractivity contribution is -0.143. The summed E-state index contributed by atoms with van der Waals surface area (Å²) in [5.74, 6) is -1.93. The zero-order valence-corrected chi connectivity index (χ0v) is 12.5. The highest BCUT2D eigenvalue weighted by molar-refractivity contribution is 7.92. The van der Waals surface area contributed by atoms with E-state index in [1.165, 1.54) is 6.92 Å². The number of carboxylic acid groups (broad SMARTS) is 1. The van der Waals surface area contributed by atoms with Gasteiger partial charge in [0, 0.05) is 23.2 Å². The van der Waals surface area contributed by atoms with Crippen LogP contribution in [0.5, 0.6) is 0 Å². The molecule has 7 heteroatoms. The first kappa shape index (κ1) is 15.3. The zero-order chi connectivity index (χ0) is 15.1. The third-order valence-corrected chi connectivity index (χ3v) is 6.50. The molecule has 1 fully saturated rings. The fourth-order valence-electron chi connectivity index (χ4n) is 2.87. The molecule has 3 N–H and O–H groups in total. The molecule has 0 radical (unpaired) electrons. The van der Waals surface area contributed by atoms with Gasteiger partial charge in [-0.15, -0.1) is 0 Å². The van der Waals surface area contributed by atoms with Gasteiger partial charge in [0.15, 0.2) is 9.84 Å². The normalized spacial score (nSPS) is 29.1. The van der Waals surface area contributed by atoms with Gasteiger partial charge in [-0.2, -0.15) is 0 Å². The molecule has 0 spiro atoms. The van der Waals surface area contributed by atoms with Crippen molar-refractivity contribution in [2.24, 2.45) is 11.1 Å². The Balaban J connectivity index is 2.54. The van der Waals surface area contributed by atoms with E-state index in [0.29, 0.717) is 10.6 Å². The number of sulfone groups is 1. The van der Waals surface area contributed by atoms with Crippen molar-refractivity contribution in [1.82, 2.24) is 0 Å². The highest BCUT2D eigenvalue weighted by Gasteiger charge is 2.74. The molecule has 1 aliphatic rings. The number of rotatable bonds is 5. The van der Waals surface area contributed by atoms with Gasteiger partial charge < -0.3 is 10.8 Å². The molecule has 0 unspecified atom stereocenters. The highest BCUT2D eigenvalue weighted by atomic mass is 35.5. The Kier molecular flexibility index (Phi) is 3.83. The molecular formula is C13H16ClNO4S. The van der Waals surface area contributed by atoms with E-state index in [4.69, 9.17) is 17.3 Å². The maximum Gasteiger partial charge on any atom is 0.312 e. The molecule has 0 saturated heterocycles. The van der Waals surface area contributed by atoms with E-state index in [1.807, 2.05) is 0 Å². The molecule has 3 atom stereocenters. The van der Waals surface area contributed by atoms with Crippen LogP contribution in [0.25, 0.3) is 0 Å². The van der Waals surface area contributed by atoms with Crippen LogP contribution < -0.4 is 5.73 Å². The van der Waals surface area contributed by atoms with E-state index in [1.54, 1.807) is 24.3 Å². The van der Waals surface area contributed by atoms with Gasteiger partial charge >= 0.3 is 5.97 Å². The van der Waals surface area contributed by atoms with E-state index in [-0.39, 0.29) is 12.3 Å². The minimum atomic E-state index is -3.50. The largest absolute Gasteiger partial charge is 0.481 e. The number of carbonyl (C=O) groups is 1. The molecule has 20 heavy (non-hydrogen) atoms. The first-order valence-corrected chi connectivity index (χ1v) is 8.31. The van der Waals surface area contributed by atoms with E-state index < -0.39 is 32.4 Å². The van der Waals surface area contributed by atoms with Crippen molar-refractivity contribution in [3.8, 4) is 0 Å². The Morgan fingerprint density at radius 2 is 2.15 bits per heavy atom. The summed E-state index contributed by atoms with van der Waals surface area (Å²) in [5.41, 5.74) is 4.76.